The van der Waals surface area contributed by atoms with Gasteiger partial charge in [-0.05, 0) is 35.9 Å². The fraction of sp³-hybridized carbons (Fsp3) is 0.0625. The Bertz CT molecular complexity index is 578. The van der Waals surface area contributed by atoms with Gasteiger partial charge < -0.3 is 9.72 Å². The second-order valence-electron chi connectivity index (χ2n) is 3.94. The molecule has 1 aromatic heterocycles. The first-order valence-corrected chi connectivity index (χ1v) is 5.96. The van der Waals surface area contributed by atoms with Crippen LogP contribution in [-0.2, 0) is 0 Å². The first kappa shape index (κ1) is 12.9. The van der Waals surface area contributed by atoms with Crippen molar-refractivity contribution in [3.63, 3.8) is 0 Å². The summed E-state index contributed by atoms with van der Waals surface area (Å²) in [5.41, 5.74) is 1.65. The maximum atomic E-state index is 11.6. The van der Waals surface area contributed by atoms with Crippen LogP contribution in [0.15, 0.2) is 60.8 Å². The van der Waals surface area contributed by atoms with Crippen molar-refractivity contribution >= 4 is 11.9 Å². The number of carbonyl (C=O) groups excluding carboxylic acids is 1. The van der Waals surface area contributed by atoms with Crippen molar-refractivity contribution in [1.82, 2.24) is 4.98 Å². The van der Waals surface area contributed by atoms with Crippen molar-refractivity contribution in [2.45, 2.75) is 0 Å². The summed E-state index contributed by atoms with van der Waals surface area (Å²) in [5, 5.41) is 0. The van der Waals surface area contributed by atoms with Crippen LogP contribution in [0.3, 0.4) is 0 Å². The number of ether oxygens (including phenoxy) is 1. The molecule has 3 heteroatoms. The fourth-order valence-corrected chi connectivity index (χ4v) is 1.60. The van der Waals surface area contributed by atoms with Crippen molar-refractivity contribution < 1.29 is 9.53 Å². The Morgan fingerprint density at radius 1 is 1.16 bits per heavy atom. The van der Waals surface area contributed by atoms with E-state index in [4.69, 9.17) is 4.74 Å². The molecule has 2 rings (SSSR count). The van der Waals surface area contributed by atoms with Crippen LogP contribution >= 0.6 is 0 Å². The number of methoxy groups -OCH3 is 1. The molecule has 0 bridgehead atoms. The molecule has 2 aromatic rings. The highest BCUT2D eigenvalue weighted by Crippen LogP contribution is 2.12. The van der Waals surface area contributed by atoms with E-state index in [0.29, 0.717) is 5.69 Å². The van der Waals surface area contributed by atoms with Crippen LogP contribution in [0.1, 0.15) is 16.1 Å². The van der Waals surface area contributed by atoms with E-state index in [1.807, 2.05) is 36.4 Å². The van der Waals surface area contributed by atoms with E-state index < -0.39 is 0 Å². The number of carbonyl (C=O) groups is 1. The highest BCUT2D eigenvalue weighted by Gasteiger charge is 1.99. The number of aromatic nitrogens is 1. The number of hydrogen-bond acceptors (Lipinski definition) is 2. The van der Waals surface area contributed by atoms with Crippen molar-refractivity contribution in [3.05, 3.63) is 72.1 Å². The predicted molar refractivity (Wildman–Crippen MR) is 76.3 cm³/mol. The summed E-state index contributed by atoms with van der Waals surface area (Å²) in [6, 6.07) is 11.3. The zero-order chi connectivity index (χ0) is 13.5. The monoisotopic (exact) mass is 253 g/mol. The van der Waals surface area contributed by atoms with Crippen molar-refractivity contribution in [1.29, 1.82) is 0 Å². The molecule has 0 aliphatic rings. The predicted octanol–water partition coefficient (Wildman–Crippen LogP) is 3.48. The molecule has 0 spiro atoms. The van der Waals surface area contributed by atoms with Crippen LogP contribution in [-0.4, -0.2) is 17.9 Å². The number of ketones is 1. The van der Waals surface area contributed by atoms with Gasteiger partial charge in [0.05, 0.1) is 12.8 Å². The summed E-state index contributed by atoms with van der Waals surface area (Å²) < 4.78 is 5.08. The first-order valence-electron chi connectivity index (χ1n) is 5.96. The molecular formula is C16H15NO2. The Balaban J connectivity index is 1.93. The maximum absolute atomic E-state index is 11.6. The number of aromatic amines is 1. The normalized spacial score (nSPS) is 11.2. The number of allylic oxidation sites excluding steroid dienone is 3. The van der Waals surface area contributed by atoms with E-state index >= 15 is 0 Å². The van der Waals surface area contributed by atoms with E-state index in [-0.39, 0.29) is 5.78 Å². The third kappa shape index (κ3) is 3.71. The molecule has 1 N–H and O–H groups in total. The highest BCUT2D eigenvalue weighted by atomic mass is 16.5. The van der Waals surface area contributed by atoms with Gasteiger partial charge in [0.2, 0.25) is 5.78 Å². The fourth-order valence-electron chi connectivity index (χ4n) is 1.60. The van der Waals surface area contributed by atoms with E-state index in [9.17, 15) is 4.79 Å². The molecule has 0 radical (unpaired) electrons. The van der Waals surface area contributed by atoms with Gasteiger partial charge in [0, 0.05) is 6.20 Å². The third-order valence-electron chi connectivity index (χ3n) is 2.63. The molecule has 0 saturated heterocycles. The van der Waals surface area contributed by atoms with Gasteiger partial charge >= 0.3 is 0 Å². The Kier molecular flexibility index (Phi) is 4.34. The number of hydrogen-bond donors (Lipinski definition) is 1. The maximum Gasteiger partial charge on any atom is 0.201 e. The lowest BCUT2D eigenvalue weighted by atomic mass is 10.2. The van der Waals surface area contributed by atoms with Crippen LogP contribution in [0.4, 0.5) is 0 Å². The molecule has 19 heavy (non-hydrogen) atoms. The average molecular weight is 253 g/mol. The molecule has 0 unspecified atom stereocenters. The van der Waals surface area contributed by atoms with Gasteiger partial charge in [0.25, 0.3) is 0 Å². The molecular weight excluding hydrogens is 238 g/mol. The number of H-pyrrole nitrogens is 1. The van der Waals surface area contributed by atoms with Gasteiger partial charge in [-0.15, -0.1) is 0 Å². The zero-order valence-electron chi connectivity index (χ0n) is 10.7. The number of nitrogens with one attached hydrogen (secondary N) is 1. The Morgan fingerprint density at radius 3 is 2.58 bits per heavy atom. The molecule has 1 heterocycles. The molecule has 1 aromatic carbocycles. The van der Waals surface area contributed by atoms with Crippen LogP contribution in [0.25, 0.3) is 6.08 Å². The molecule has 0 aliphatic carbocycles. The van der Waals surface area contributed by atoms with Gasteiger partial charge in [-0.3, -0.25) is 4.79 Å². The molecule has 0 atom stereocenters. The van der Waals surface area contributed by atoms with Crippen LogP contribution in [0, 0.1) is 0 Å². The Morgan fingerprint density at radius 2 is 1.95 bits per heavy atom. The van der Waals surface area contributed by atoms with Crippen molar-refractivity contribution in [2.24, 2.45) is 0 Å². The molecule has 0 saturated carbocycles. The number of rotatable bonds is 5. The van der Waals surface area contributed by atoms with Crippen LogP contribution in [0.5, 0.6) is 5.75 Å². The summed E-state index contributed by atoms with van der Waals surface area (Å²) in [7, 11) is 1.64. The summed E-state index contributed by atoms with van der Waals surface area (Å²) in [6.45, 7) is 0. The summed E-state index contributed by atoms with van der Waals surface area (Å²) in [6.07, 6.45) is 8.76. The molecule has 0 fully saturated rings. The summed E-state index contributed by atoms with van der Waals surface area (Å²) >= 11 is 0. The molecule has 0 amide bonds. The van der Waals surface area contributed by atoms with E-state index in [1.54, 1.807) is 31.5 Å². The standard InChI is InChI=1S/C16H15NO2/c1-19-14-10-8-13(9-11-14)5-2-3-7-16(18)15-6-4-12-17-15/h2-12,17H,1H3/b5-2+,7-3+. The SMILES string of the molecule is COc1ccc(/C=C/C=C/C(=O)c2ccc[nH]2)cc1. The molecule has 96 valence electrons. The average Bonchev–Trinajstić information content (AvgIpc) is 2.98. The highest BCUT2D eigenvalue weighted by molar-refractivity contribution is 6.03. The minimum Gasteiger partial charge on any atom is -0.497 e. The van der Waals surface area contributed by atoms with Crippen molar-refractivity contribution in [2.75, 3.05) is 7.11 Å². The molecule has 0 aliphatic heterocycles. The van der Waals surface area contributed by atoms with Crippen LogP contribution in [0.2, 0.25) is 0 Å². The quantitative estimate of drug-likeness (QED) is 0.503. The van der Waals surface area contributed by atoms with Gasteiger partial charge in [0.15, 0.2) is 0 Å². The lowest BCUT2D eigenvalue weighted by molar-refractivity contribution is 0.104. The van der Waals surface area contributed by atoms with Crippen LogP contribution < -0.4 is 4.74 Å². The smallest absolute Gasteiger partial charge is 0.201 e. The first-order chi connectivity index (χ1) is 9.29. The van der Waals surface area contributed by atoms with Gasteiger partial charge in [0.1, 0.15) is 5.75 Å². The van der Waals surface area contributed by atoms with Gasteiger partial charge in [-0.1, -0.05) is 30.4 Å². The van der Waals surface area contributed by atoms with E-state index in [0.717, 1.165) is 11.3 Å². The Hall–Kier alpha value is -2.55. The zero-order valence-corrected chi connectivity index (χ0v) is 10.7. The minimum absolute atomic E-state index is 0.0376. The largest absolute Gasteiger partial charge is 0.497 e. The molecule has 3 nitrogen and oxygen atoms in total. The van der Waals surface area contributed by atoms with E-state index in [2.05, 4.69) is 4.98 Å². The van der Waals surface area contributed by atoms with E-state index in [1.165, 1.54) is 6.08 Å². The second-order valence-corrected chi connectivity index (χ2v) is 3.94. The third-order valence-corrected chi connectivity index (χ3v) is 2.63. The van der Waals surface area contributed by atoms with Gasteiger partial charge in [-0.2, -0.15) is 0 Å². The summed E-state index contributed by atoms with van der Waals surface area (Å²) in [4.78, 5) is 14.5. The minimum atomic E-state index is -0.0376. The topological polar surface area (TPSA) is 42.1 Å². The second kappa shape index (κ2) is 6.40. The number of benzene rings is 1. The lowest BCUT2D eigenvalue weighted by Crippen LogP contribution is -1.92. The Labute approximate surface area is 112 Å². The van der Waals surface area contributed by atoms with Gasteiger partial charge in [-0.25, -0.2) is 0 Å². The van der Waals surface area contributed by atoms with Crippen molar-refractivity contribution in [3.8, 4) is 5.75 Å². The lowest BCUT2D eigenvalue weighted by Gasteiger charge is -1.98. The summed E-state index contributed by atoms with van der Waals surface area (Å²) in [5.74, 6) is 0.791.